The van der Waals surface area contributed by atoms with E-state index in [2.05, 4.69) is 31.2 Å². The number of piperidine rings is 1. The second kappa shape index (κ2) is 6.49. The summed E-state index contributed by atoms with van der Waals surface area (Å²) in [6.45, 7) is 2.48. The van der Waals surface area contributed by atoms with Crippen molar-refractivity contribution in [1.82, 2.24) is 20.3 Å². The van der Waals surface area contributed by atoms with E-state index < -0.39 is 0 Å². The Morgan fingerprint density at radius 2 is 2.38 bits per heavy atom. The summed E-state index contributed by atoms with van der Waals surface area (Å²) in [6.07, 6.45) is 9.01. The first-order chi connectivity index (χ1) is 10.3. The van der Waals surface area contributed by atoms with Crippen molar-refractivity contribution in [2.45, 2.75) is 25.4 Å². The molecule has 0 spiro atoms. The molecule has 1 atom stereocenters. The molecular weight excluding hydrogens is 266 g/mol. The van der Waals surface area contributed by atoms with Gasteiger partial charge in [-0.2, -0.15) is 0 Å². The van der Waals surface area contributed by atoms with Crippen LogP contribution in [0.2, 0.25) is 0 Å². The average molecular weight is 285 g/mol. The van der Waals surface area contributed by atoms with Gasteiger partial charge < -0.3 is 15.2 Å². The van der Waals surface area contributed by atoms with E-state index in [-0.39, 0.29) is 5.56 Å². The molecule has 3 heterocycles. The molecule has 6 heteroatoms. The average Bonchev–Trinajstić information content (AvgIpc) is 2.55. The van der Waals surface area contributed by atoms with E-state index in [9.17, 15) is 4.79 Å². The monoisotopic (exact) mass is 285 g/mol. The van der Waals surface area contributed by atoms with Gasteiger partial charge in [-0.25, -0.2) is 4.98 Å². The fourth-order valence-corrected chi connectivity index (χ4v) is 2.67. The maximum absolute atomic E-state index is 11.8. The molecule has 0 aromatic carbocycles. The molecule has 2 N–H and O–H groups in total. The number of aromatic amines is 1. The maximum atomic E-state index is 11.8. The summed E-state index contributed by atoms with van der Waals surface area (Å²) in [5.74, 6) is 0.519. The van der Waals surface area contributed by atoms with Gasteiger partial charge in [0.05, 0.1) is 0 Å². The fraction of sp³-hybridized carbons (Fsp3) is 0.400. The minimum atomic E-state index is -0.120. The van der Waals surface area contributed by atoms with E-state index in [1.807, 2.05) is 12.3 Å². The molecular formula is C15H19N5O. The normalized spacial score (nSPS) is 18.7. The van der Waals surface area contributed by atoms with Crippen molar-refractivity contribution >= 4 is 5.82 Å². The number of anilines is 1. The van der Waals surface area contributed by atoms with Crippen molar-refractivity contribution in [3.8, 4) is 0 Å². The van der Waals surface area contributed by atoms with Gasteiger partial charge in [-0.15, -0.1) is 0 Å². The number of nitrogens with one attached hydrogen (secondary N) is 2. The Morgan fingerprint density at radius 3 is 3.19 bits per heavy atom. The number of H-pyrrole nitrogens is 1. The molecule has 110 valence electrons. The zero-order valence-corrected chi connectivity index (χ0v) is 11.8. The van der Waals surface area contributed by atoms with Crippen LogP contribution in [0, 0.1) is 0 Å². The molecule has 1 saturated heterocycles. The maximum Gasteiger partial charge on any atom is 0.290 e. The number of hydrogen-bond acceptors (Lipinski definition) is 5. The largest absolute Gasteiger partial charge is 0.350 e. The highest BCUT2D eigenvalue weighted by Gasteiger charge is 2.22. The molecule has 21 heavy (non-hydrogen) atoms. The van der Waals surface area contributed by atoms with E-state index in [0.717, 1.165) is 32.5 Å². The van der Waals surface area contributed by atoms with Crippen molar-refractivity contribution < 1.29 is 0 Å². The highest BCUT2D eigenvalue weighted by Crippen LogP contribution is 2.14. The molecule has 3 rings (SSSR count). The Balaban J connectivity index is 1.61. The SMILES string of the molecule is O=c1[nH]ccnc1N1CCCC(NCc2cccnc2)C1. The van der Waals surface area contributed by atoms with Gasteiger partial charge in [0.25, 0.3) is 5.56 Å². The Labute approximate surface area is 123 Å². The molecule has 0 aliphatic carbocycles. The lowest BCUT2D eigenvalue weighted by Crippen LogP contribution is -2.47. The van der Waals surface area contributed by atoms with Gasteiger partial charge in [0.2, 0.25) is 0 Å². The number of rotatable bonds is 4. The smallest absolute Gasteiger partial charge is 0.290 e. The Hall–Kier alpha value is -2.21. The Bertz CT molecular complexity index is 627. The predicted molar refractivity (Wildman–Crippen MR) is 81.2 cm³/mol. The van der Waals surface area contributed by atoms with Crippen molar-refractivity contribution in [2.75, 3.05) is 18.0 Å². The third kappa shape index (κ3) is 3.46. The summed E-state index contributed by atoms with van der Waals surface area (Å²) in [4.78, 5) is 24.9. The van der Waals surface area contributed by atoms with E-state index in [0.29, 0.717) is 11.9 Å². The quantitative estimate of drug-likeness (QED) is 0.874. The summed E-state index contributed by atoms with van der Waals surface area (Å²) in [7, 11) is 0. The van der Waals surface area contributed by atoms with E-state index in [1.54, 1.807) is 18.6 Å². The van der Waals surface area contributed by atoms with Crippen molar-refractivity contribution in [1.29, 1.82) is 0 Å². The number of pyridine rings is 1. The first kappa shape index (κ1) is 13.8. The number of aromatic nitrogens is 3. The predicted octanol–water partition coefficient (Wildman–Crippen LogP) is 0.923. The first-order valence-corrected chi connectivity index (χ1v) is 7.24. The molecule has 0 saturated carbocycles. The van der Waals surface area contributed by atoms with Crippen molar-refractivity contribution in [2.24, 2.45) is 0 Å². The molecule has 1 aliphatic rings. The van der Waals surface area contributed by atoms with E-state index >= 15 is 0 Å². The van der Waals surface area contributed by atoms with Crippen LogP contribution in [-0.4, -0.2) is 34.1 Å². The molecule has 0 bridgehead atoms. The first-order valence-electron chi connectivity index (χ1n) is 7.24. The van der Waals surface area contributed by atoms with E-state index in [1.165, 1.54) is 5.56 Å². The van der Waals surface area contributed by atoms with Crippen LogP contribution < -0.4 is 15.8 Å². The second-order valence-electron chi connectivity index (χ2n) is 5.27. The second-order valence-corrected chi connectivity index (χ2v) is 5.27. The lowest BCUT2D eigenvalue weighted by molar-refractivity contribution is 0.419. The molecule has 2 aromatic rings. The Kier molecular flexibility index (Phi) is 4.25. The molecule has 1 fully saturated rings. The molecule has 6 nitrogen and oxygen atoms in total. The third-order valence-corrected chi connectivity index (χ3v) is 3.73. The van der Waals surface area contributed by atoms with Crippen LogP contribution in [0.15, 0.2) is 41.7 Å². The van der Waals surface area contributed by atoms with Gasteiger partial charge in [0, 0.05) is 50.5 Å². The standard InChI is InChI=1S/C15H19N5O/c21-15-14(17-6-7-18-15)20-8-2-4-13(11-20)19-10-12-3-1-5-16-9-12/h1,3,5-7,9,13,19H,2,4,8,10-11H2,(H,18,21). The van der Waals surface area contributed by atoms with Crippen molar-refractivity contribution in [3.63, 3.8) is 0 Å². The minimum Gasteiger partial charge on any atom is -0.350 e. The molecule has 2 aromatic heterocycles. The van der Waals surface area contributed by atoms with Crippen LogP contribution in [0.4, 0.5) is 5.82 Å². The third-order valence-electron chi connectivity index (χ3n) is 3.73. The van der Waals surface area contributed by atoms with Crippen LogP contribution in [0.3, 0.4) is 0 Å². The van der Waals surface area contributed by atoms with Gasteiger partial charge >= 0.3 is 0 Å². The van der Waals surface area contributed by atoms with Gasteiger partial charge in [0.1, 0.15) is 0 Å². The highest BCUT2D eigenvalue weighted by molar-refractivity contribution is 5.36. The fourth-order valence-electron chi connectivity index (χ4n) is 2.67. The zero-order chi connectivity index (χ0) is 14.5. The van der Waals surface area contributed by atoms with Crippen molar-refractivity contribution in [3.05, 3.63) is 52.8 Å². The van der Waals surface area contributed by atoms with Crippen LogP contribution in [0.5, 0.6) is 0 Å². The summed E-state index contributed by atoms with van der Waals surface area (Å²) in [5, 5.41) is 3.54. The summed E-state index contributed by atoms with van der Waals surface area (Å²) < 4.78 is 0. The number of hydrogen-bond donors (Lipinski definition) is 2. The van der Waals surface area contributed by atoms with Gasteiger partial charge in [-0.05, 0) is 24.5 Å². The van der Waals surface area contributed by atoms with Crippen LogP contribution in [0.1, 0.15) is 18.4 Å². The van der Waals surface area contributed by atoms with Gasteiger partial charge in [0.15, 0.2) is 5.82 Å². The molecule has 0 amide bonds. The summed E-state index contributed by atoms with van der Waals surface area (Å²) in [5.41, 5.74) is 1.05. The molecule has 1 unspecified atom stereocenters. The molecule has 0 radical (unpaired) electrons. The van der Waals surface area contributed by atoms with Crippen LogP contribution >= 0.6 is 0 Å². The topological polar surface area (TPSA) is 73.9 Å². The number of nitrogens with zero attached hydrogens (tertiary/aromatic N) is 3. The van der Waals surface area contributed by atoms with E-state index in [4.69, 9.17) is 0 Å². The summed E-state index contributed by atoms with van der Waals surface area (Å²) >= 11 is 0. The zero-order valence-electron chi connectivity index (χ0n) is 11.8. The lowest BCUT2D eigenvalue weighted by Gasteiger charge is -2.33. The Morgan fingerprint density at radius 1 is 1.43 bits per heavy atom. The van der Waals surface area contributed by atoms with Crippen LogP contribution in [0.25, 0.3) is 0 Å². The van der Waals surface area contributed by atoms with Gasteiger partial charge in [-0.1, -0.05) is 6.07 Å². The van der Waals surface area contributed by atoms with Gasteiger partial charge in [-0.3, -0.25) is 9.78 Å². The molecule has 1 aliphatic heterocycles. The summed E-state index contributed by atoms with van der Waals surface area (Å²) in [6, 6.07) is 4.36. The highest BCUT2D eigenvalue weighted by atomic mass is 16.1. The lowest BCUT2D eigenvalue weighted by atomic mass is 10.1. The minimum absolute atomic E-state index is 0.120. The van der Waals surface area contributed by atoms with Crippen LogP contribution in [-0.2, 0) is 6.54 Å².